The summed E-state index contributed by atoms with van der Waals surface area (Å²) in [5, 5.41) is 12.0. The molecule has 0 spiro atoms. The van der Waals surface area contributed by atoms with E-state index in [1.807, 2.05) is 0 Å². The van der Waals surface area contributed by atoms with Gasteiger partial charge in [-0.1, -0.05) is 44.2 Å². The Labute approximate surface area is 125 Å². The number of amides is 1. The van der Waals surface area contributed by atoms with Gasteiger partial charge in [0.05, 0.1) is 12.0 Å². The van der Waals surface area contributed by atoms with Gasteiger partial charge in [-0.2, -0.15) is 0 Å². The van der Waals surface area contributed by atoms with Crippen molar-refractivity contribution in [3.8, 4) is 0 Å². The van der Waals surface area contributed by atoms with Crippen molar-refractivity contribution in [1.29, 1.82) is 0 Å². The van der Waals surface area contributed by atoms with E-state index < -0.39 is 5.97 Å². The number of carbonyl (C=O) groups excluding carboxylic acids is 1. The van der Waals surface area contributed by atoms with E-state index in [0.717, 1.165) is 18.4 Å². The molecule has 0 radical (unpaired) electrons. The van der Waals surface area contributed by atoms with Crippen LogP contribution in [0.3, 0.4) is 0 Å². The van der Waals surface area contributed by atoms with Crippen molar-refractivity contribution < 1.29 is 14.7 Å². The monoisotopic (exact) mass is 289 g/mol. The number of rotatable bonds is 4. The number of carboxylic acid groups (broad SMARTS) is 1. The van der Waals surface area contributed by atoms with Crippen molar-refractivity contribution in [2.24, 2.45) is 0 Å². The van der Waals surface area contributed by atoms with Crippen LogP contribution in [0, 0.1) is 0 Å². The Morgan fingerprint density at radius 3 is 2.14 bits per heavy atom. The molecule has 2 rings (SSSR count). The molecule has 0 atom stereocenters. The molecule has 4 heteroatoms. The van der Waals surface area contributed by atoms with Gasteiger partial charge in [-0.15, -0.1) is 0 Å². The van der Waals surface area contributed by atoms with Crippen LogP contribution in [0.15, 0.2) is 24.3 Å². The highest BCUT2D eigenvalue weighted by Crippen LogP contribution is 2.17. The molecule has 1 aliphatic carbocycles. The van der Waals surface area contributed by atoms with Crippen LogP contribution in [0.5, 0.6) is 0 Å². The molecular formula is C17H23NO3. The quantitative estimate of drug-likeness (QED) is 0.894. The highest BCUT2D eigenvalue weighted by atomic mass is 16.4. The molecule has 21 heavy (non-hydrogen) atoms. The Hall–Kier alpha value is -1.84. The van der Waals surface area contributed by atoms with E-state index in [0.29, 0.717) is 12.5 Å². The van der Waals surface area contributed by atoms with E-state index >= 15 is 0 Å². The Kier molecular flexibility index (Phi) is 5.78. The van der Waals surface area contributed by atoms with Crippen LogP contribution in [-0.2, 0) is 11.2 Å². The second-order valence-corrected chi connectivity index (χ2v) is 5.79. The first-order chi connectivity index (χ1) is 10.1. The van der Waals surface area contributed by atoms with Crippen molar-refractivity contribution in [3.63, 3.8) is 0 Å². The van der Waals surface area contributed by atoms with Crippen molar-refractivity contribution in [2.75, 3.05) is 0 Å². The summed E-state index contributed by atoms with van der Waals surface area (Å²) in [5.74, 6) is -0.913. The summed E-state index contributed by atoms with van der Waals surface area (Å²) in [5.41, 5.74) is 1.10. The van der Waals surface area contributed by atoms with Crippen LogP contribution in [0.1, 0.15) is 60.9 Å². The zero-order valence-electron chi connectivity index (χ0n) is 12.3. The average Bonchev–Trinajstić information content (AvgIpc) is 2.42. The molecule has 0 aromatic heterocycles. The lowest BCUT2D eigenvalue weighted by Crippen LogP contribution is -2.36. The van der Waals surface area contributed by atoms with E-state index in [9.17, 15) is 9.59 Å². The largest absolute Gasteiger partial charge is 0.478 e. The molecule has 0 saturated heterocycles. The minimum absolute atomic E-state index is 0.0312. The van der Waals surface area contributed by atoms with Crippen molar-refractivity contribution >= 4 is 11.9 Å². The molecule has 1 amide bonds. The summed E-state index contributed by atoms with van der Waals surface area (Å²) in [6, 6.07) is 6.81. The predicted octanol–water partition coefficient (Wildman–Crippen LogP) is 3.16. The maximum absolute atomic E-state index is 12.1. The molecule has 1 aromatic carbocycles. The summed E-state index contributed by atoms with van der Waals surface area (Å²) in [6.07, 6.45) is 8.70. The third-order valence-electron chi connectivity index (χ3n) is 4.04. The minimum Gasteiger partial charge on any atom is -0.478 e. The van der Waals surface area contributed by atoms with Gasteiger partial charge in [-0.25, -0.2) is 4.79 Å². The van der Waals surface area contributed by atoms with Gasteiger partial charge in [0.1, 0.15) is 0 Å². The second-order valence-electron chi connectivity index (χ2n) is 5.79. The van der Waals surface area contributed by atoms with Crippen LogP contribution in [0.4, 0.5) is 0 Å². The lowest BCUT2D eigenvalue weighted by atomic mass is 9.96. The lowest BCUT2D eigenvalue weighted by Gasteiger charge is -2.21. The minimum atomic E-state index is -0.944. The fourth-order valence-corrected chi connectivity index (χ4v) is 2.83. The Balaban J connectivity index is 1.84. The number of carbonyl (C=O) groups is 2. The lowest BCUT2D eigenvalue weighted by molar-refractivity contribution is -0.121. The average molecular weight is 289 g/mol. The van der Waals surface area contributed by atoms with Gasteiger partial charge < -0.3 is 10.4 Å². The van der Waals surface area contributed by atoms with Crippen molar-refractivity contribution in [2.45, 2.75) is 57.4 Å². The maximum atomic E-state index is 12.1. The van der Waals surface area contributed by atoms with Gasteiger partial charge >= 0.3 is 5.97 Å². The van der Waals surface area contributed by atoms with Crippen LogP contribution in [0.25, 0.3) is 0 Å². The fraction of sp³-hybridized carbons (Fsp3) is 0.529. The molecule has 114 valence electrons. The van der Waals surface area contributed by atoms with Gasteiger partial charge in [-0.3, -0.25) is 4.79 Å². The first-order valence-electron chi connectivity index (χ1n) is 7.77. The van der Waals surface area contributed by atoms with E-state index in [4.69, 9.17) is 5.11 Å². The summed E-state index contributed by atoms with van der Waals surface area (Å²) in [7, 11) is 0. The molecule has 1 fully saturated rings. The number of nitrogens with one attached hydrogen (secondary N) is 1. The van der Waals surface area contributed by atoms with Crippen LogP contribution in [0.2, 0.25) is 0 Å². The van der Waals surface area contributed by atoms with Gasteiger partial charge in [-0.05, 0) is 30.5 Å². The smallest absolute Gasteiger partial charge is 0.335 e. The number of hydrogen-bond donors (Lipinski definition) is 2. The van der Waals surface area contributed by atoms with Crippen LogP contribution >= 0.6 is 0 Å². The first kappa shape index (κ1) is 15.5. The topological polar surface area (TPSA) is 66.4 Å². The van der Waals surface area contributed by atoms with Gasteiger partial charge in [0.15, 0.2) is 0 Å². The zero-order valence-corrected chi connectivity index (χ0v) is 12.3. The van der Waals surface area contributed by atoms with Crippen LogP contribution in [-0.4, -0.2) is 23.0 Å². The molecule has 0 aliphatic heterocycles. The van der Waals surface area contributed by atoms with Gasteiger partial charge in [0.2, 0.25) is 5.91 Å². The highest BCUT2D eigenvalue weighted by molar-refractivity contribution is 5.87. The number of benzene rings is 1. The number of carboxylic acids is 1. The van der Waals surface area contributed by atoms with Crippen molar-refractivity contribution in [1.82, 2.24) is 5.32 Å². The first-order valence-corrected chi connectivity index (χ1v) is 7.77. The molecule has 0 heterocycles. The van der Waals surface area contributed by atoms with Gasteiger partial charge in [0, 0.05) is 6.04 Å². The van der Waals surface area contributed by atoms with E-state index in [1.165, 1.54) is 32.1 Å². The predicted molar refractivity (Wildman–Crippen MR) is 81.4 cm³/mol. The highest BCUT2D eigenvalue weighted by Gasteiger charge is 2.14. The summed E-state index contributed by atoms with van der Waals surface area (Å²) in [6.45, 7) is 0. The van der Waals surface area contributed by atoms with E-state index in [1.54, 1.807) is 24.3 Å². The molecule has 4 nitrogen and oxygen atoms in total. The molecular weight excluding hydrogens is 266 g/mol. The number of hydrogen-bond acceptors (Lipinski definition) is 2. The third-order valence-corrected chi connectivity index (χ3v) is 4.04. The summed E-state index contributed by atoms with van der Waals surface area (Å²) < 4.78 is 0. The fourth-order valence-electron chi connectivity index (χ4n) is 2.83. The summed E-state index contributed by atoms with van der Waals surface area (Å²) in [4.78, 5) is 22.8. The zero-order chi connectivity index (χ0) is 15.1. The summed E-state index contributed by atoms with van der Waals surface area (Å²) >= 11 is 0. The van der Waals surface area contributed by atoms with E-state index in [-0.39, 0.29) is 11.5 Å². The second kappa shape index (κ2) is 7.81. The van der Waals surface area contributed by atoms with E-state index in [2.05, 4.69) is 5.32 Å². The number of aromatic carboxylic acids is 1. The Bertz CT molecular complexity index is 473. The van der Waals surface area contributed by atoms with Gasteiger partial charge in [0.25, 0.3) is 0 Å². The van der Waals surface area contributed by atoms with Crippen molar-refractivity contribution in [3.05, 3.63) is 35.4 Å². The standard InChI is InChI=1S/C17H23NO3/c19-16(18-15-6-4-2-1-3-5-7-15)12-13-8-10-14(11-9-13)17(20)21/h8-11,15H,1-7,12H2,(H,18,19)(H,20,21). The Morgan fingerprint density at radius 1 is 1.00 bits per heavy atom. The molecule has 2 N–H and O–H groups in total. The molecule has 1 saturated carbocycles. The molecule has 0 unspecified atom stereocenters. The molecule has 1 aromatic rings. The Morgan fingerprint density at radius 2 is 1.57 bits per heavy atom. The van der Waals surface area contributed by atoms with Crippen LogP contribution < -0.4 is 5.32 Å². The molecule has 0 bridgehead atoms. The molecule has 1 aliphatic rings. The SMILES string of the molecule is O=C(Cc1ccc(C(=O)O)cc1)NC1CCCCCCC1. The maximum Gasteiger partial charge on any atom is 0.335 e. The normalized spacial score (nSPS) is 16.8. The third kappa shape index (κ3) is 5.21.